The molecule has 120 valence electrons. The average Bonchev–Trinajstić information content (AvgIpc) is 2.46. The van der Waals surface area contributed by atoms with Crippen LogP contribution in [0.1, 0.15) is 6.92 Å². The Morgan fingerprint density at radius 3 is 2.22 bits per heavy atom. The van der Waals surface area contributed by atoms with Crippen LogP contribution in [0.5, 0.6) is 0 Å². The fourth-order valence-corrected chi connectivity index (χ4v) is 2.75. The van der Waals surface area contributed by atoms with E-state index in [0.717, 1.165) is 6.26 Å². The van der Waals surface area contributed by atoms with Crippen LogP contribution in [0, 0.1) is 10.1 Å². The molecule has 1 N–H and O–H groups in total. The Kier molecular flexibility index (Phi) is 4.46. The second-order valence-corrected chi connectivity index (χ2v) is 6.95. The van der Waals surface area contributed by atoms with Crippen LogP contribution in [0.3, 0.4) is 0 Å². The maximum absolute atomic E-state index is 11.5. The minimum Gasteiger partial charge on any atom is -0.320 e. The highest BCUT2D eigenvalue weighted by Crippen LogP contribution is 2.35. The lowest BCUT2D eigenvalue weighted by Gasteiger charge is -2.11. The van der Waals surface area contributed by atoms with Crippen LogP contribution in [0.4, 0.5) is 11.4 Å². The Hall–Kier alpha value is -2.74. The fourth-order valence-electron chi connectivity index (χ4n) is 2.12. The van der Waals surface area contributed by atoms with Gasteiger partial charge in [-0.05, 0) is 17.7 Å². The topological polar surface area (TPSA) is 106 Å². The highest BCUT2D eigenvalue weighted by Gasteiger charge is 2.19. The van der Waals surface area contributed by atoms with Crippen molar-refractivity contribution in [1.29, 1.82) is 0 Å². The largest absolute Gasteiger partial charge is 0.320 e. The van der Waals surface area contributed by atoms with E-state index >= 15 is 0 Å². The van der Waals surface area contributed by atoms with Crippen LogP contribution < -0.4 is 5.32 Å². The zero-order valence-electron chi connectivity index (χ0n) is 12.4. The number of nitro groups is 1. The molecule has 7 nitrogen and oxygen atoms in total. The molecule has 0 unspecified atom stereocenters. The third-order valence-electron chi connectivity index (χ3n) is 3.13. The first-order chi connectivity index (χ1) is 10.7. The zero-order chi connectivity index (χ0) is 17.2. The molecule has 0 bridgehead atoms. The fraction of sp³-hybridized carbons (Fsp3) is 0.133. The molecule has 0 heterocycles. The third-order valence-corrected chi connectivity index (χ3v) is 4.26. The van der Waals surface area contributed by atoms with Crippen molar-refractivity contribution >= 4 is 27.1 Å². The van der Waals surface area contributed by atoms with Crippen molar-refractivity contribution < 1.29 is 18.1 Å². The highest BCUT2D eigenvalue weighted by molar-refractivity contribution is 7.90. The summed E-state index contributed by atoms with van der Waals surface area (Å²) in [5.74, 6) is -0.437. The quantitative estimate of drug-likeness (QED) is 0.683. The van der Waals surface area contributed by atoms with Gasteiger partial charge in [0, 0.05) is 24.8 Å². The molecule has 0 aliphatic heterocycles. The van der Waals surface area contributed by atoms with Gasteiger partial charge in [-0.25, -0.2) is 8.42 Å². The lowest BCUT2D eigenvalue weighted by molar-refractivity contribution is -0.383. The molecule has 0 aliphatic rings. The van der Waals surface area contributed by atoms with Crippen molar-refractivity contribution in [1.82, 2.24) is 0 Å². The molecule has 8 heteroatoms. The first-order valence-corrected chi connectivity index (χ1v) is 8.45. The Balaban J connectivity index is 2.61. The molecular weight excluding hydrogens is 320 g/mol. The van der Waals surface area contributed by atoms with E-state index in [1.165, 1.54) is 31.2 Å². The van der Waals surface area contributed by atoms with Gasteiger partial charge in [0.15, 0.2) is 9.84 Å². The van der Waals surface area contributed by atoms with Gasteiger partial charge in [0.05, 0.1) is 9.82 Å². The van der Waals surface area contributed by atoms with Gasteiger partial charge in [-0.3, -0.25) is 14.9 Å². The number of nitrogens with zero attached hydrogens (tertiary/aromatic N) is 1. The number of sulfone groups is 1. The van der Waals surface area contributed by atoms with E-state index in [0.29, 0.717) is 11.1 Å². The van der Waals surface area contributed by atoms with Crippen LogP contribution in [-0.2, 0) is 14.6 Å². The summed E-state index contributed by atoms with van der Waals surface area (Å²) in [6.45, 7) is 1.26. The van der Waals surface area contributed by atoms with Gasteiger partial charge in [-0.15, -0.1) is 0 Å². The van der Waals surface area contributed by atoms with E-state index in [1.54, 1.807) is 18.2 Å². The number of amides is 1. The Labute approximate surface area is 133 Å². The van der Waals surface area contributed by atoms with Crippen molar-refractivity contribution in [3.8, 4) is 11.1 Å². The van der Waals surface area contributed by atoms with Crippen molar-refractivity contribution in [3.05, 3.63) is 52.6 Å². The summed E-state index contributed by atoms with van der Waals surface area (Å²) in [7, 11) is -3.33. The molecule has 0 fully saturated rings. The summed E-state index contributed by atoms with van der Waals surface area (Å²) < 4.78 is 23.0. The molecule has 0 radical (unpaired) electrons. The van der Waals surface area contributed by atoms with E-state index in [9.17, 15) is 23.3 Å². The molecule has 0 atom stereocenters. The maximum Gasteiger partial charge on any atom is 0.293 e. The molecule has 0 saturated carbocycles. The van der Waals surface area contributed by atoms with E-state index in [2.05, 4.69) is 5.32 Å². The summed E-state index contributed by atoms with van der Waals surface area (Å²) in [6, 6.07) is 10.3. The number of hydrogen-bond donors (Lipinski definition) is 1. The number of carbonyl (C=O) groups is 1. The monoisotopic (exact) mass is 334 g/mol. The SMILES string of the molecule is CC(=O)Nc1c(-c2ccc(S(C)(=O)=O)cc2)cccc1[N+](=O)[O-]. The van der Waals surface area contributed by atoms with Crippen molar-refractivity contribution in [3.63, 3.8) is 0 Å². The van der Waals surface area contributed by atoms with E-state index in [1.807, 2.05) is 0 Å². The van der Waals surface area contributed by atoms with Gasteiger partial charge < -0.3 is 5.32 Å². The van der Waals surface area contributed by atoms with Crippen LogP contribution in [0.2, 0.25) is 0 Å². The number of benzene rings is 2. The summed E-state index contributed by atoms with van der Waals surface area (Å²) in [5, 5.41) is 13.6. The number of rotatable bonds is 4. The number of anilines is 1. The van der Waals surface area contributed by atoms with E-state index in [-0.39, 0.29) is 16.3 Å². The minimum absolute atomic E-state index is 0.0807. The van der Waals surface area contributed by atoms with Gasteiger partial charge >= 0.3 is 0 Å². The average molecular weight is 334 g/mol. The summed E-state index contributed by atoms with van der Waals surface area (Å²) in [4.78, 5) is 22.1. The number of carbonyl (C=O) groups excluding carboxylic acids is 1. The number of nitro benzene ring substituents is 1. The summed E-state index contributed by atoms with van der Waals surface area (Å²) >= 11 is 0. The van der Waals surface area contributed by atoms with E-state index < -0.39 is 20.7 Å². The number of para-hydroxylation sites is 1. The highest BCUT2D eigenvalue weighted by atomic mass is 32.2. The smallest absolute Gasteiger partial charge is 0.293 e. The second kappa shape index (κ2) is 6.17. The zero-order valence-corrected chi connectivity index (χ0v) is 13.3. The van der Waals surface area contributed by atoms with Crippen LogP contribution in [0.15, 0.2) is 47.4 Å². The Morgan fingerprint density at radius 1 is 1.13 bits per heavy atom. The molecule has 0 aliphatic carbocycles. The molecule has 2 aromatic rings. The molecule has 1 amide bonds. The van der Waals surface area contributed by atoms with Gasteiger partial charge in [-0.2, -0.15) is 0 Å². The Morgan fingerprint density at radius 2 is 1.74 bits per heavy atom. The Bertz CT molecular complexity index is 873. The predicted molar refractivity (Wildman–Crippen MR) is 85.9 cm³/mol. The first kappa shape index (κ1) is 16.6. The van der Waals surface area contributed by atoms with Gasteiger partial charge in [0.25, 0.3) is 5.69 Å². The minimum atomic E-state index is -3.33. The lowest BCUT2D eigenvalue weighted by Crippen LogP contribution is -2.09. The lowest BCUT2D eigenvalue weighted by atomic mass is 10.0. The van der Waals surface area contributed by atoms with Crippen LogP contribution in [-0.4, -0.2) is 25.5 Å². The van der Waals surface area contributed by atoms with Crippen molar-refractivity contribution in [2.75, 3.05) is 11.6 Å². The third kappa shape index (κ3) is 3.72. The van der Waals surface area contributed by atoms with Crippen molar-refractivity contribution in [2.45, 2.75) is 11.8 Å². The second-order valence-electron chi connectivity index (χ2n) is 4.93. The van der Waals surface area contributed by atoms with Gasteiger partial charge in [-0.1, -0.05) is 24.3 Å². The normalized spacial score (nSPS) is 11.0. The molecule has 0 spiro atoms. The number of nitrogens with one attached hydrogen (secondary N) is 1. The number of hydrogen-bond acceptors (Lipinski definition) is 5. The van der Waals surface area contributed by atoms with E-state index in [4.69, 9.17) is 0 Å². The van der Waals surface area contributed by atoms with Gasteiger partial charge in [0.1, 0.15) is 5.69 Å². The molecule has 0 saturated heterocycles. The first-order valence-electron chi connectivity index (χ1n) is 6.55. The predicted octanol–water partition coefficient (Wildman–Crippen LogP) is 2.62. The summed E-state index contributed by atoms with van der Waals surface area (Å²) in [6.07, 6.45) is 1.10. The molecule has 0 aromatic heterocycles. The molecule has 2 aromatic carbocycles. The molecule has 2 rings (SSSR count). The molecular formula is C15H14N2O5S. The van der Waals surface area contributed by atoms with Crippen molar-refractivity contribution in [2.24, 2.45) is 0 Å². The maximum atomic E-state index is 11.5. The summed E-state index contributed by atoms with van der Waals surface area (Å²) in [5.41, 5.74) is 0.848. The standard InChI is InChI=1S/C15H14N2O5S/c1-10(18)16-15-13(4-3-5-14(15)17(19)20)11-6-8-12(9-7-11)23(2,21)22/h3-9H,1-2H3,(H,16,18). The van der Waals surface area contributed by atoms with Crippen LogP contribution >= 0.6 is 0 Å². The van der Waals surface area contributed by atoms with Crippen LogP contribution in [0.25, 0.3) is 11.1 Å². The van der Waals surface area contributed by atoms with Gasteiger partial charge in [0.2, 0.25) is 5.91 Å². The molecule has 23 heavy (non-hydrogen) atoms.